The minimum atomic E-state index is 0.206. The Balaban J connectivity index is 2.24. The Labute approximate surface area is 106 Å². The van der Waals surface area contributed by atoms with Crippen molar-refractivity contribution in [3.05, 3.63) is 35.9 Å². The topological polar surface area (TPSA) is 9.23 Å². The van der Waals surface area contributed by atoms with Gasteiger partial charge in [0.2, 0.25) is 0 Å². The van der Waals surface area contributed by atoms with Gasteiger partial charge in [0.25, 0.3) is 0 Å². The lowest BCUT2D eigenvalue weighted by Gasteiger charge is -2.19. The van der Waals surface area contributed by atoms with Crippen molar-refractivity contribution < 1.29 is 4.74 Å². The van der Waals surface area contributed by atoms with Gasteiger partial charge in [-0.05, 0) is 25.8 Å². The van der Waals surface area contributed by atoms with Crippen LogP contribution >= 0.6 is 0 Å². The summed E-state index contributed by atoms with van der Waals surface area (Å²) < 4.78 is 6.02. The molecule has 1 heteroatoms. The number of ether oxygens (including phenoxy) is 1. The van der Waals surface area contributed by atoms with Crippen molar-refractivity contribution in [2.75, 3.05) is 0 Å². The van der Waals surface area contributed by atoms with Crippen molar-refractivity contribution in [3.8, 4) is 0 Å². The van der Waals surface area contributed by atoms with Gasteiger partial charge >= 0.3 is 0 Å². The normalized spacial score (nSPS) is 14.5. The standard InChI is InChI=1S/C16H26O/c1-4-5-6-8-11-14(2)17-15(3)16-12-9-7-10-13-16/h7,9-10,12-15H,4-6,8,11H2,1-3H3/t14-,15+/m1/s1. The Bertz CT molecular complexity index is 281. The summed E-state index contributed by atoms with van der Waals surface area (Å²) in [6, 6.07) is 10.5. The molecule has 0 aromatic heterocycles. The van der Waals surface area contributed by atoms with E-state index >= 15 is 0 Å². The second-order valence-electron chi connectivity index (χ2n) is 4.85. The minimum Gasteiger partial charge on any atom is -0.371 e. The number of benzene rings is 1. The largest absolute Gasteiger partial charge is 0.371 e. The van der Waals surface area contributed by atoms with Crippen molar-refractivity contribution in [2.45, 2.75) is 65.1 Å². The zero-order valence-electron chi connectivity index (χ0n) is 11.5. The van der Waals surface area contributed by atoms with Gasteiger partial charge in [0.05, 0.1) is 12.2 Å². The summed E-state index contributed by atoms with van der Waals surface area (Å²) in [7, 11) is 0. The SMILES string of the molecule is CCCCCC[C@@H](C)O[C@@H](C)c1ccccc1. The molecular weight excluding hydrogens is 208 g/mol. The molecule has 0 bridgehead atoms. The van der Waals surface area contributed by atoms with E-state index in [1.54, 1.807) is 0 Å². The van der Waals surface area contributed by atoms with Crippen LogP contribution in [-0.2, 0) is 4.74 Å². The molecule has 0 saturated carbocycles. The van der Waals surface area contributed by atoms with Gasteiger partial charge < -0.3 is 4.74 Å². The fraction of sp³-hybridized carbons (Fsp3) is 0.625. The van der Waals surface area contributed by atoms with Crippen LogP contribution in [0.15, 0.2) is 30.3 Å². The smallest absolute Gasteiger partial charge is 0.0800 e. The van der Waals surface area contributed by atoms with Crippen LogP contribution in [0, 0.1) is 0 Å². The molecule has 0 heterocycles. The van der Waals surface area contributed by atoms with Gasteiger partial charge in [0.1, 0.15) is 0 Å². The lowest BCUT2D eigenvalue weighted by Crippen LogP contribution is -2.11. The number of unbranched alkanes of at least 4 members (excludes halogenated alkanes) is 3. The van der Waals surface area contributed by atoms with Gasteiger partial charge in [-0.3, -0.25) is 0 Å². The Morgan fingerprint density at radius 1 is 1.00 bits per heavy atom. The molecule has 96 valence electrons. The molecule has 0 unspecified atom stereocenters. The highest BCUT2D eigenvalue weighted by Gasteiger charge is 2.09. The summed E-state index contributed by atoms with van der Waals surface area (Å²) in [5.74, 6) is 0. The fourth-order valence-electron chi connectivity index (χ4n) is 2.08. The third-order valence-corrected chi connectivity index (χ3v) is 3.17. The van der Waals surface area contributed by atoms with E-state index in [1.165, 1.54) is 37.7 Å². The van der Waals surface area contributed by atoms with Gasteiger partial charge in [0, 0.05) is 0 Å². The first-order chi connectivity index (χ1) is 8.24. The molecule has 17 heavy (non-hydrogen) atoms. The van der Waals surface area contributed by atoms with Crippen LogP contribution in [0.4, 0.5) is 0 Å². The van der Waals surface area contributed by atoms with E-state index in [2.05, 4.69) is 45.0 Å². The molecule has 0 saturated heterocycles. The number of hydrogen-bond acceptors (Lipinski definition) is 1. The summed E-state index contributed by atoms with van der Waals surface area (Å²) in [4.78, 5) is 0. The van der Waals surface area contributed by atoms with Crippen LogP contribution in [0.5, 0.6) is 0 Å². The van der Waals surface area contributed by atoms with Gasteiger partial charge in [0.15, 0.2) is 0 Å². The highest BCUT2D eigenvalue weighted by Crippen LogP contribution is 2.20. The second-order valence-corrected chi connectivity index (χ2v) is 4.85. The third kappa shape index (κ3) is 5.88. The molecule has 0 aliphatic carbocycles. The van der Waals surface area contributed by atoms with E-state index in [1.807, 2.05) is 6.07 Å². The van der Waals surface area contributed by atoms with Crippen LogP contribution < -0.4 is 0 Å². The van der Waals surface area contributed by atoms with E-state index in [-0.39, 0.29) is 6.10 Å². The summed E-state index contributed by atoms with van der Waals surface area (Å²) >= 11 is 0. The molecule has 0 radical (unpaired) electrons. The maximum atomic E-state index is 6.02. The van der Waals surface area contributed by atoms with E-state index in [0.29, 0.717) is 6.10 Å². The predicted octanol–water partition coefficient (Wildman–Crippen LogP) is 5.12. The fourth-order valence-corrected chi connectivity index (χ4v) is 2.08. The van der Waals surface area contributed by atoms with Crippen molar-refractivity contribution >= 4 is 0 Å². The predicted molar refractivity (Wildman–Crippen MR) is 74.2 cm³/mol. The van der Waals surface area contributed by atoms with Crippen LogP contribution in [0.25, 0.3) is 0 Å². The van der Waals surface area contributed by atoms with Crippen molar-refractivity contribution in [2.24, 2.45) is 0 Å². The molecule has 1 nitrogen and oxygen atoms in total. The zero-order chi connectivity index (χ0) is 12.5. The Morgan fingerprint density at radius 2 is 1.71 bits per heavy atom. The van der Waals surface area contributed by atoms with E-state index in [0.717, 1.165) is 0 Å². The zero-order valence-corrected chi connectivity index (χ0v) is 11.5. The number of rotatable bonds is 8. The average Bonchev–Trinajstić information content (AvgIpc) is 2.36. The number of hydrogen-bond donors (Lipinski definition) is 0. The second kappa shape index (κ2) is 8.30. The molecule has 0 aliphatic heterocycles. The molecule has 0 amide bonds. The highest BCUT2D eigenvalue weighted by atomic mass is 16.5. The van der Waals surface area contributed by atoms with E-state index in [9.17, 15) is 0 Å². The molecule has 1 aromatic rings. The molecule has 0 spiro atoms. The first-order valence-corrected chi connectivity index (χ1v) is 6.94. The summed E-state index contributed by atoms with van der Waals surface area (Å²) in [5.41, 5.74) is 1.27. The highest BCUT2D eigenvalue weighted by molar-refractivity contribution is 5.16. The van der Waals surface area contributed by atoms with E-state index in [4.69, 9.17) is 4.74 Å². The van der Waals surface area contributed by atoms with Gasteiger partial charge in [-0.25, -0.2) is 0 Å². The van der Waals surface area contributed by atoms with Gasteiger partial charge in [-0.2, -0.15) is 0 Å². The van der Waals surface area contributed by atoms with E-state index < -0.39 is 0 Å². The molecule has 0 aliphatic rings. The van der Waals surface area contributed by atoms with Crippen LogP contribution in [-0.4, -0.2) is 6.10 Å². The average molecular weight is 234 g/mol. The van der Waals surface area contributed by atoms with Crippen molar-refractivity contribution in [1.82, 2.24) is 0 Å². The molecular formula is C16H26O. The monoisotopic (exact) mass is 234 g/mol. The lowest BCUT2D eigenvalue weighted by atomic mass is 10.1. The lowest BCUT2D eigenvalue weighted by molar-refractivity contribution is 0.00163. The Hall–Kier alpha value is -0.820. The molecule has 0 fully saturated rings. The molecule has 2 atom stereocenters. The molecule has 1 rings (SSSR count). The third-order valence-electron chi connectivity index (χ3n) is 3.17. The van der Waals surface area contributed by atoms with Crippen LogP contribution in [0.3, 0.4) is 0 Å². The molecule has 0 N–H and O–H groups in total. The maximum absolute atomic E-state index is 6.02. The van der Waals surface area contributed by atoms with Gasteiger partial charge in [-0.1, -0.05) is 62.9 Å². The minimum absolute atomic E-state index is 0.206. The quantitative estimate of drug-likeness (QED) is 0.567. The Morgan fingerprint density at radius 3 is 2.35 bits per heavy atom. The van der Waals surface area contributed by atoms with Crippen molar-refractivity contribution in [1.29, 1.82) is 0 Å². The van der Waals surface area contributed by atoms with Gasteiger partial charge in [-0.15, -0.1) is 0 Å². The first kappa shape index (κ1) is 14.2. The maximum Gasteiger partial charge on any atom is 0.0800 e. The van der Waals surface area contributed by atoms with Crippen molar-refractivity contribution in [3.63, 3.8) is 0 Å². The molecule has 1 aromatic carbocycles. The summed E-state index contributed by atoms with van der Waals surface area (Å²) in [5, 5.41) is 0. The first-order valence-electron chi connectivity index (χ1n) is 6.94. The summed E-state index contributed by atoms with van der Waals surface area (Å²) in [6.45, 7) is 6.57. The van der Waals surface area contributed by atoms with Crippen LogP contribution in [0.2, 0.25) is 0 Å². The van der Waals surface area contributed by atoms with Crippen LogP contribution in [0.1, 0.15) is 64.5 Å². The Kier molecular flexibility index (Phi) is 6.95. The summed E-state index contributed by atoms with van der Waals surface area (Å²) in [6.07, 6.45) is 7.02.